The summed E-state index contributed by atoms with van der Waals surface area (Å²) in [5, 5.41) is 14.3. The predicted octanol–water partition coefficient (Wildman–Crippen LogP) is 6.58. The molecule has 188 valence electrons. The van der Waals surface area contributed by atoms with Crippen LogP contribution in [0, 0.1) is 0 Å². The van der Waals surface area contributed by atoms with Gasteiger partial charge in [-0.3, -0.25) is 4.79 Å². The van der Waals surface area contributed by atoms with Gasteiger partial charge in [-0.15, -0.1) is 0 Å². The summed E-state index contributed by atoms with van der Waals surface area (Å²) in [4.78, 5) is 28.5. The van der Waals surface area contributed by atoms with Crippen molar-refractivity contribution >= 4 is 46.5 Å². The van der Waals surface area contributed by atoms with Crippen LogP contribution in [0.5, 0.6) is 5.75 Å². The van der Waals surface area contributed by atoms with E-state index in [0.717, 1.165) is 27.7 Å². The van der Waals surface area contributed by atoms with Crippen LogP contribution >= 0.6 is 11.6 Å². The number of fused-ring (bicyclic) bond motifs is 1. The van der Waals surface area contributed by atoms with Gasteiger partial charge in [-0.05, 0) is 65.9 Å². The zero-order chi connectivity index (χ0) is 26.4. The van der Waals surface area contributed by atoms with Crippen LogP contribution in [0.25, 0.3) is 23.1 Å². The summed E-state index contributed by atoms with van der Waals surface area (Å²) in [6.07, 6.45) is 5.13. The van der Waals surface area contributed by atoms with Gasteiger partial charge in [0.25, 0.3) is 0 Å². The lowest BCUT2D eigenvalue weighted by atomic mass is 9.94. The maximum Gasteiger partial charge on any atom is 0.336 e. The molecule has 4 rings (SSSR count). The van der Waals surface area contributed by atoms with Crippen molar-refractivity contribution < 1.29 is 19.4 Å². The molecule has 0 bridgehead atoms. The molecule has 0 saturated carbocycles. The van der Waals surface area contributed by atoms with Crippen molar-refractivity contribution in [3.63, 3.8) is 0 Å². The van der Waals surface area contributed by atoms with E-state index in [1.165, 1.54) is 20.1 Å². The molecule has 1 amide bonds. The number of aryl methyl sites for hydroxylation is 1. The van der Waals surface area contributed by atoms with Crippen LogP contribution in [0.3, 0.4) is 0 Å². The number of carbonyl (C=O) groups is 2. The number of halogens is 1. The quantitative estimate of drug-likeness (QED) is 0.263. The molecule has 37 heavy (non-hydrogen) atoms. The Morgan fingerprint density at radius 2 is 1.86 bits per heavy atom. The van der Waals surface area contributed by atoms with Crippen molar-refractivity contribution in [1.82, 2.24) is 10.3 Å². The Bertz CT molecular complexity index is 1480. The summed E-state index contributed by atoms with van der Waals surface area (Å²) in [6, 6.07) is 22.1. The second-order valence-electron chi connectivity index (χ2n) is 8.70. The molecule has 3 aromatic carbocycles. The van der Waals surface area contributed by atoms with Gasteiger partial charge in [0.05, 0.1) is 29.9 Å². The number of rotatable bonds is 9. The van der Waals surface area contributed by atoms with Gasteiger partial charge in [0.15, 0.2) is 0 Å². The zero-order valence-electron chi connectivity index (χ0n) is 20.6. The lowest BCUT2D eigenvalue weighted by Crippen LogP contribution is -2.28. The number of carbonyl (C=O) groups excluding carboxylic acids is 1. The number of nitrogens with zero attached hydrogens (tertiary/aromatic N) is 1. The highest BCUT2D eigenvalue weighted by Gasteiger charge is 2.21. The lowest BCUT2D eigenvalue weighted by molar-refractivity contribution is -0.119. The van der Waals surface area contributed by atoms with Crippen molar-refractivity contribution in [3.8, 4) is 5.75 Å². The molecule has 1 atom stereocenters. The first-order valence-electron chi connectivity index (χ1n) is 11.8. The standard InChI is InChI=1S/C30H27ClN2O4/c1-19(34)32-28(26-14-13-25(37-2)18-27(26)30(35)36)15-7-21-5-3-4-20(16-21)6-11-24-12-9-22-8-10-23(31)17-29(22)33-24/h3-6,8-14,16-18,28H,7,15H2,1-2H3,(H,32,34)(H,35,36)/b11-6+. The maximum absolute atomic E-state index is 11.9. The normalized spacial score (nSPS) is 12.0. The minimum absolute atomic E-state index is 0.110. The number of benzene rings is 3. The Morgan fingerprint density at radius 1 is 1.05 bits per heavy atom. The number of hydrogen-bond acceptors (Lipinski definition) is 4. The fourth-order valence-corrected chi connectivity index (χ4v) is 4.41. The molecule has 0 aliphatic rings. The van der Waals surface area contributed by atoms with E-state index in [0.29, 0.717) is 29.2 Å². The fourth-order valence-electron chi connectivity index (χ4n) is 4.25. The number of pyridine rings is 1. The minimum atomic E-state index is -1.07. The van der Waals surface area contributed by atoms with E-state index in [1.54, 1.807) is 12.1 Å². The van der Waals surface area contributed by atoms with Crippen LogP contribution in [-0.2, 0) is 11.2 Å². The molecule has 0 spiro atoms. The van der Waals surface area contributed by atoms with E-state index >= 15 is 0 Å². The monoisotopic (exact) mass is 514 g/mol. The number of aromatic carboxylic acids is 1. The smallest absolute Gasteiger partial charge is 0.336 e. The number of hydrogen-bond donors (Lipinski definition) is 2. The molecule has 0 radical (unpaired) electrons. The number of ether oxygens (including phenoxy) is 1. The van der Waals surface area contributed by atoms with Crippen LogP contribution < -0.4 is 10.1 Å². The van der Waals surface area contributed by atoms with Crippen LogP contribution in [-0.4, -0.2) is 29.1 Å². The van der Waals surface area contributed by atoms with Gasteiger partial charge in [-0.1, -0.05) is 60.1 Å². The van der Waals surface area contributed by atoms with Gasteiger partial charge in [0.1, 0.15) is 5.75 Å². The second kappa shape index (κ2) is 11.7. The molecule has 1 aromatic heterocycles. The second-order valence-corrected chi connectivity index (χ2v) is 9.14. The van der Waals surface area contributed by atoms with Crippen molar-refractivity contribution in [2.24, 2.45) is 0 Å². The SMILES string of the molecule is COc1ccc(C(CCc2cccc(/C=C/c3ccc4ccc(Cl)cc4n3)c2)NC(C)=O)c(C(=O)O)c1. The van der Waals surface area contributed by atoms with Crippen LogP contribution in [0.15, 0.2) is 72.8 Å². The molecule has 1 unspecified atom stereocenters. The van der Waals surface area contributed by atoms with Crippen LogP contribution in [0.2, 0.25) is 5.02 Å². The average Bonchev–Trinajstić information content (AvgIpc) is 2.89. The van der Waals surface area contributed by atoms with E-state index in [4.69, 9.17) is 16.3 Å². The van der Waals surface area contributed by atoms with Gasteiger partial charge in [0.2, 0.25) is 5.91 Å². The van der Waals surface area contributed by atoms with E-state index in [1.807, 2.05) is 60.7 Å². The van der Waals surface area contributed by atoms with Crippen molar-refractivity contribution in [2.75, 3.05) is 7.11 Å². The number of nitrogens with one attached hydrogen (secondary N) is 1. The highest BCUT2D eigenvalue weighted by Crippen LogP contribution is 2.27. The summed E-state index contributed by atoms with van der Waals surface area (Å²) >= 11 is 6.10. The lowest BCUT2D eigenvalue weighted by Gasteiger charge is -2.21. The number of aromatic nitrogens is 1. The molecule has 6 nitrogen and oxygen atoms in total. The summed E-state index contributed by atoms with van der Waals surface area (Å²) < 4.78 is 5.18. The maximum atomic E-state index is 11.9. The average molecular weight is 515 g/mol. The van der Waals surface area contributed by atoms with Gasteiger partial charge in [-0.2, -0.15) is 0 Å². The number of methoxy groups -OCH3 is 1. The van der Waals surface area contributed by atoms with E-state index in [2.05, 4.69) is 16.4 Å². The Balaban J connectivity index is 1.52. The third kappa shape index (κ3) is 6.74. The minimum Gasteiger partial charge on any atom is -0.497 e. The molecular formula is C30H27ClN2O4. The molecule has 0 saturated heterocycles. The van der Waals surface area contributed by atoms with E-state index in [9.17, 15) is 14.7 Å². The summed E-state index contributed by atoms with van der Waals surface area (Å²) in [6.45, 7) is 1.43. The molecule has 2 N–H and O–H groups in total. The number of carboxylic acid groups (broad SMARTS) is 1. The molecule has 0 aliphatic carbocycles. The predicted molar refractivity (Wildman–Crippen MR) is 147 cm³/mol. The van der Waals surface area contributed by atoms with E-state index < -0.39 is 12.0 Å². The Kier molecular flexibility index (Phi) is 8.21. The van der Waals surface area contributed by atoms with Gasteiger partial charge in [-0.25, -0.2) is 9.78 Å². The largest absolute Gasteiger partial charge is 0.497 e. The molecule has 4 aromatic rings. The number of carboxylic acids is 1. The summed E-state index contributed by atoms with van der Waals surface area (Å²) in [5.74, 6) is -0.842. The van der Waals surface area contributed by atoms with Crippen molar-refractivity contribution in [2.45, 2.75) is 25.8 Å². The van der Waals surface area contributed by atoms with Gasteiger partial charge in [0, 0.05) is 17.3 Å². The zero-order valence-corrected chi connectivity index (χ0v) is 21.3. The third-order valence-electron chi connectivity index (χ3n) is 6.04. The molecule has 0 fully saturated rings. The van der Waals surface area contributed by atoms with Gasteiger partial charge >= 0.3 is 5.97 Å². The first-order valence-corrected chi connectivity index (χ1v) is 12.2. The van der Waals surface area contributed by atoms with Crippen molar-refractivity contribution in [1.29, 1.82) is 0 Å². The van der Waals surface area contributed by atoms with Crippen molar-refractivity contribution in [3.05, 3.63) is 106 Å². The first kappa shape index (κ1) is 25.9. The third-order valence-corrected chi connectivity index (χ3v) is 6.27. The molecule has 7 heteroatoms. The Labute approximate surface area is 220 Å². The first-order chi connectivity index (χ1) is 17.8. The summed E-state index contributed by atoms with van der Waals surface area (Å²) in [5.41, 5.74) is 4.40. The fraction of sp³-hybridized carbons (Fsp3) is 0.167. The summed E-state index contributed by atoms with van der Waals surface area (Å²) in [7, 11) is 1.49. The topological polar surface area (TPSA) is 88.5 Å². The Hall–Kier alpha value is -4.16. The molecular weight excluding hydrogens is 488 g/mol. The Morgan fingerprint density at radius 3 is 2.62 bits per heavy atom. The van der Waals surface area contributed by atoms with Crippen LogP contribution in [0.1, 0.15) is 52.1 Å². The number of amides is 1. The van der Waals surface area contributed by atoms with E-state index in [-0.39, 0.29) is 11.5 Å². The highest BCUT2D eigenvalue weighted by molar-refractivity contribution is 6.31. The van der Waals surface area contributed by atoms with Crippen LogP contribution in [0.4, 0.5) is 0 Å². The highest BCUT2D eigenvalue weighted by atomic mass is 35.5. The molecule has 0 aliphatic heterocycles. The molecule has 1 heterocycles. The van der Waals surface area contributed by atoms with Gasteiger partial charge < -0.3 is 15.2 Å².